The van der Waals surface area contributed by atoms with Crippen LogP contribution in [0.5, 0.6) is 0 Å². The molecule has 1 amide bonds. The Bertz CT molecular complexity index is 691. The minimum absolute atomic E-state index is 0.0648. The van der Waals surface area contributed by atoms with E-state index in [2.05, 4.69) is 26.2 Å². The Balaban J connectivity index is 1.82. The van der Waals surface area contributed by atoms with Crippen LogP contribution in [-0.2, 0) is 4.79 Å². The summed E-state index contributed by atoms with van der Waals surface area (Å²) in [5, 5.41) is 12.6. The lowest BCUT2D eigenvalue weighted by Gasteiger charge is -2.12. The molecule has 1 aliphatic carbocycles. The van der Waals surface area contributed by atoms with Gasteiger partial charge in [0.1, 0.15) is 11.7 Å². The van der Waals surface area contributed by atoms with Crippen molar-refractivity contribution in [2.24, 2.45) is 5.92 Å². The average Bonchev–Trinajstić information content (AvgIpc) is 3.14. The lowest BCUT2D eigenvalue weighted by Crippen LogP contribution is -2.42. The number of carbonyl (C=O) groups is 2. The molecule has 0 saturated heterocycles. The summed E-state index contributed by atoms with van der Waals surface area (Å²) in [6, 6.07) is 6.59. The summed E-state index contributed by atoms with van der Waals surface area (Å²) in [5.41, 5.74) is 1.22. The summed E-state index contributed by atoms with van der Waals surface area (Å²) in [6.45, 7) is 0. The van der Waals surface area contributed by atoms with Crippen molar-refractivity contribution in [3.63, 3.8) is 0 Å². The number of aromatic amines is 1. The van der Waals surface area contributed by atoms with Crippen LogP contribution in [0.25, 0.3) is 10.9 Å². The van der Waals surface area contributed by atoms with Crippen LogP contribution in [0.3, 0.4) is 0 Å². The molecule has 1 fully saturated rings. The van der Waals surface area contributed by atoms with Crippen molar-refractivity contribution in [1.82, 2.24) is 10.3 Å². The summed E-state index contributed by atoms with van der Waals surface area (Å²) >= 11 is 3.37. The molecule has 1 heterocycles. The number of carboxylic acids is 1. The number of H-pyrrole nitrogens is 1. The zero-order chi connectivity index (χ0) is 14.3. The number of benzene rings is 1. The zero-order valence-corrected chi connectivity index (χ0v) is 12.1. The third-order valence-electron chi connectivity index (χ3n) is 3.48. The van der Waals surface area contributed by atoms with Gasteiger partial charge in [-0.25, -0.2) is 4.79 Å². The van der Waals surface area contributed by atoms with Crippen molar-refractivity contribution < 1.29 is 14.7 Å². The van der Waals surface area contributed by atoms with Gasteiger partial charge in [-0.3, -0.25) is 4.79 Å². The monoisotopic (exact) mass is 336 g/mol. The number of fused-ring (bicyclic) bond motifs is 1. The van der Waals surface area contributed by atoms with E-state index in [1.54, 1.807) is 6.07 Å². The van der Waals surface area contributed by atoms with Crippen LogP contribution in [0.1, 0.15) is 23.3 Å². The Labute approximate surface area is 123 Å². The van der Waals surface area contributed by atoms with E-state index in [-0.39, 0.29) is 11.8 Å². The Morgan fingerprint density at radius 3 is 2.75 bits per heavy atom. The fraction of sp³-hybridized carbons (Fsp3) is 0.286. The zero-order valence-electron chi connectivity index (χ0n) is 10.5. The van der Waals surface area contributed by atoms with E-state index < -0.39 is 12.0 Å². The third kappa shape index (κ3) is 2.56. The van der Waals surface area contributed by atoms with E-state index >= 15 is 0 Å². The Kier molecular flexibility index (Phi) is 3.25. The Hall–Kier alpha value is -1.82. The molecule has 1 unspecified atom stereocenters. The highest BCUT2D eigenvalue weighted by Crippen LogP contribution is 2.33. The maximum atomic E-state index is 12.1. The summed E-state index contributed by atoms with van der Waals surface area (Å²) in [5.74, 6) is -1.29. The molecule has 0 spiro atoms. The van der Waals surface area contributed by atoms with Crippen LogP contribution in [0, 0.1) is 5.92 Å². The van der Waals surface area contributed by atoms with Crippen LogP contribution in [-0.4, -0.2) is 28.0 Å². The van der Waals surface area contributed by atoms with Gasteiger partial charge >= 0.3 is 5.97 Å². The Morgan fingerprint density at radius 2 is 2.10 bits per heavy atom. The van der Waals surface area contributed by atoms with E-state index in [4.69, 9.17) is 5.11 Å². The SMILES string of the molecule is O=C(NC(C(=O)O)C1CC1)c1cc2ccc(Br)cc2[nH]1. The van der Waals surface area contributed by atoms with Crippen molar-refractivity contribution in [3.05, 3.63) is 34.4 Å². The van der Waals surface area contributed by atoms with E-state index in [0.29, 0.717) is 5.69 Å². The predicted molar refractivity (Wildman–Crippen MR) is 77.6 cm³/mol. The lowest BCUT2D eigenvalue weighted by molar-refractivity contribution is -0.139. The average molecular weight is 337 g/mol. The first-order chi connectivity index (χ1) is 9.54. The maximum Gasteiger partial charge on any atom is 0.326 e. The van der Waals surface area contributed by atoms with Crippen LogP contribution < -0.4 is 5.32 Å². The number of aliphatic carboxylic acids is 1. The molecule has 20 heavy (non-hydrogen) atoms. The van der Waals surface area contributed by atoms with Gasteiger partial charge in [0.15, 0.2) is 0 Å². The molecule has 2 aromatic rings. The smallest absolute Gasteiger partial charge is 0.326 e. The number of carboxylic acid groups (broad SMARTS) is 1. The summed E-state index contributed by atoms with van der Waals surface area (Å²) in [7, 11) is 0. The highest BCUT2D eigenvalue weighted by atomic mass is 79.9. The normalized spacial score (nSPS) is 16.1. The first-order valence-electron chi connectivity index (χ1n) is 6.36. The van der Waals surface area contributed by atoms with Crippen LogP contribution >= 0.6 is 15.9 Å². The molecular formula is C14H13BrN2O3. The second kappa shape index (κ2) is 4.94. The summed E-state index contributed by atoms with van der Waals surface area (Å²) in [4.78, 5) is 26.3. The van der Waals surface area contributed by atoms with Gasteiger partial charge in [0.2, 0.25) is 0 Å². The molecule has 3 N–H and O–H groups in total. The number of aromatic nitrogens is 1. The number of nitrogens with one attached hydrogen (secondary N) is 2. The molecule has 104 valence electrons. The number of hydrogen-bond acceptors (Lipinski definition) is 2. The van der Waals surface area contributed by atoms with Gasteiger partial charge in [-0.15, -0.1) is 0 Å². The molecule has 6 heteroatoms. The van der Waals surface area contributed by atoms with Gasteiger partial charge < -0.3 is 15.4 Å². The highest BCUT2D eigenvalue weighted by molar-refractivity contribution is 9.10. The standard InChI is InChI=1S/C14H13BrN2O3/c15-9-4-3-8-5-11(16-10(8)6-9)13(18)17-12(14(19)20)7-1-2-7/h3-7,12,16H,1-2H2,(H,17,18)(H,19,20). The first kappa shape index (κ1) is 13.2. The number of rotatable bonds is 4. The van der Waals surface area contributed by atoms with E-state index in [0.717, 1.165) is 28.2 Å². The van der Waals surface area contributed by atoms with Gasteiger partial charge in [-0.2, -0.15) is 0 Å². The first-order valence-corrected chi connectivity index (χ1v) is 7.16. The number of carbonyl (C=O) groups excluding carboxylic acids is 1. The number of halogens is 1. The van der Waals surface area contributed by atoms with Crippen molar-refractivity contribution >= 4 is 38.7 Å². The van der Waals surface area contributed by atoms with Crippen molar-refractivity contribution in [3.8, 4) is 0 Å². The van der Waals surface area contributed by atoms with E-state index in [1.807, 2.05) is 18.2 Å². The molecule has 1 aromatic heterocycles. The number of amides is 1. The summed E-state index contributed by atoms with van der Waals surface area (Å²) in [6.07, 6.45) is 1.72. The van der Waals surface area contributed by atoms with Gasteiger partial charge in [-0.1, -0.05) is 22.0 Å². The van der Waals surface area contributed by atoms with Crippen molar-refractivity contribution in [2.45, 2.75) is 18.9 Å². The third-order valence-corrected chi connectivity index (χ3v) is 3.97. The molecule has 1 aromatic carbocycles. The van der Waals surface area contributed by atoms with Crippen molar-refractivity contribution in [1.29, 1.82) is 0 Å². The Morgan fingerprint density at radius 1 is 1.35 bits per heavy atom. The lowest BCUT2D eigenvalue weighted by atomic mass is 10.2. The van der Waals surface area contributed by atoms with Crippen LogP contribution in [0.4, 0.5) is 0 Å². The van der Waals surface area contributed by atoms with Crippen molar-refractivity contribution in [2.75, 3.05) is 0 Å². The van der Waals surface area contributed by atoms with Gasteiger partial charge in [0.25, 0.3) is 5.91 Å². The maximum absolute atomic E-state index is 12.1. The largest absolute Gasteiger partial charge is 0.480 e. The van der Waals surface area contributed by atoms with E-state index in [9.17, 15) is 9.59 Å². The number of hydrogen-bond donors (Lipinski definition) is 3. The molecule has 0 radical (unpaired) electrons. The molecule has 0 bridgehead atoms. The van der Waals surface area contributed by atoms with E-state index in [1.165, 1.54) is 0 Å². The molecule has 1 atom stereocenters. The predicted octanol–water partition coefficient (Wildman–Crippen LogP) is 2.52. The molecule has 3 rings (SSSR count). The second-order valence-corrected chi connectivity index (χ2v) is 5.96. The summed E-state index contributed by atoms with van der Waals surface area (Å²) < 4.78 is 0.917. The fourth-order valence-electron chi connectivity index (χ4n) is 2.25. The van der Waals surface area contributed by atoms with Gasteiger partial charge in [0.05, 0.1) is 0 Å². The molecule has 0 aliphatic heterocycles. The second-order valence-electron chi connectivity index (χ2n) is 5.04. The molecule has 1 saturated carbocycles. The molecular weight excluding hydrogens is 324 g/mol. The van der Waals surface area contributed by atoms with Crippen LogP contribution in [0.15, 0.2) is 28.7 Å². The molecule has 5 nitrogen and oxygen atoms in total. The van der Waals surface area contributed by atoms with Gasteiger partial charge in [-0.05, 0) is 37.0 Å². The highest BCUT2D eigenvalue weighted by Gasteiger charge is 2.37. The topological polar surface area (TPSA) is 82.2 Å². The molecule has 1 aliphatic rings. The van der Waals surface area contributed by atoms with Gasteiger partial charge in [0, 0.05) is 15.4 Å². The van der Waals surface area contributed by atoms with Crippen LogP contribution in [0.2, 0.25) is 0 Å². The fourth-order valence-corrected chi connectivity index (χ4v) is 2.61. The quantitative estimate of drug-likeness (QED) is 0.802. The minimum Gasteiger partial charge on any atom is -0.480 e. The minimum atomic E-state index is -0.972.